The van der Waals surface area contributed by atoms with Gasteiger partial charge in [0.1, 0.15) is 11.9 Å². The van der Waals surface area contributed by atoms with Crippen LogP contribution in [0.2, 0.25) is 0 Å². The number of carbonyl (C=O) groups is 1. The third-order valence-electron chi connectivity index (χ3n) is 5.36. The highest BCUT2D eigenvalue weighted by molar-refractivity contribution is 7.93. The van der Waals surface area contributed by atoms with Crippen molar-refractivity contribution < 1.29 is 17.6 Å². The standard InChI is InChI=1S/C24H20FNO3S/c1-3-20-21-6-4-5-7-22(21)26(30(28,29)19-14-8-16(2)9-15-19)23(20)24(27)17-10-12-18(25)13-11-17/h3-15,20,23H,1H2,2H3/t20-,23-/m1/s1. The molecule has 3 aromatic carbocycles. The van der Waals surface area contributed by atoms with Crippen LogP contribution >= 0.6 is 0 Å². The van der Waals surface area contributed by atoms with Crippen molar-refractivity contribution in [3.8, 4) is 0 Å². The van der Waals surface area contributed by atoms with Crippen LogP contribution in [0.5, 0.6) is 0 Å². The maximum atomic E-state index is 13.6. The number of fused-ring (bicyclic) bond motifs is 1. The van der Waals surface area contributed by atoms with Crippen LogP contribution in [-0.4, -0.2) is 20.2 Å². The van der Waals surface area contributed by atoms with Crippen molar-refractivity contribution in [2.75, 3.05) is 4.31 Å². The first-order valence-electron chi connectivity index (χ1n) is 9.47. The van der Waals surface area contributed by atoms with E-state index in [1.807, 2.05) is 6.92 Å². The fourth-order valence-corrected chi connectivity index (χ4v) is 5.51. The highest BCUT2D eigenvalue weighted by Crippen LogP contribution is 2.45. The van der Waals surface area contributed by atoms with Gasteiger partial charge in [0, 0.05) is 11.5 Å². The fraction of sp³-hybridized carbons (Fsp3) is 0.125. The molecule has 0 saturated heterocycles. The summed E-state index contributed by atoms with van der Waals surface area (Å²) in [6.45, 7) is 5.72. The molecule has 6 heteroatoms. The predicted octanol–water partition coefficient (Wildman–Crippen LogP) is 4.86. The molecule has 30 heavy (non-hydrogen) atoms. The van der Waals surface area contributed by atoms with E-state index in [2.05, 4.69) is 6.58 Å². The van der Waals surface area contributed by atoms with Gasteiger partial charge < -0.3 is 0 Å². The minimum Gasteiger partial charge on any atom is -0.292 e. The molecule has 0 spiro atoms. The molecule has 0 fully saturated rings. The minimum absolute atomic E-state index is 0.101. The SMILES string of the molecule is C=C[C@@H]1c2ccccc2N(S(=O)(=O)c2ccc(C)cc2)[C@H]1C(=O)c1ccc(F)cc1. The number of sulfonamides is 1. The predicted molar refractivity (Wildman–Crippen MR) is 115 cm³/mol. The largest absolute Gasteiger partial charge is 0.292 e. The van der Waals surface area contributed by atoms with Gasteiger partial charge in [-0.3, -0.25) is 9.10 Å². The normalized spacial score (nSPS) is 18.1. The molecule has 0 amide bonds. The van der Waals surface area contributed by atoms with E-state index in [4.69, 9.17) is 0 Å². The molecule has 0 N–H and O–H groups in total. The molecule has 0 aromatic heterocycles. The number of halogens is 1. The van der Waals surface area contributed by atoms with Gasteiger partial charge in [0.25, 0.3) is 10.0 Å². The number of hydrogen-bond donors (Lipinski definition) is 0. The molecule has 0 saturated carbocycles. The van der Waals surface area contributed by atoms with E-state index >= 15 is 0 Å². The smallest absolute Gasteiger partial charge is 0.265 e. The van der Waals surface area contributed by atoms with Gasteiger partial charge in [0.05, 0.1) is 10.6 Å². The Hall–Kier alpha value is -3.25. The Bertz CT molecular complexity index is 1220. The molecule has 4 nitrogen and oxygen atoms in total. The highest BCUT2D eigenvalue weighted by Gasteiger charge is 2.47. The molecular weight excluding hydrogens is 401 g/mol. The number of benzene rings is 3. The first-order valence-corrected chi connectivity index (χ1v) is 10.9. The summed E-state index contributed by atoms with van der Waals surface area (Å²) in [5, 5.41) is 0. The van der Waals surface area contributed by atoms with E-state index in [9.17, 15) is 17.6 Å². The zero-order valence-electron chi connectivity index (χ0n) is 16.3. The number of para-hydroxylation sites is 1. The van der Waals surface area contributed by atoms with Crippen molar-refractivity contribution in [1.82, 2.24) is 0 Å². The number of rotatable bonds is 5. The van der Waals surface area contributed by atoms with Crippen LogP contribution in [0, 0.1) is 12.7 Å². The number of Topliss-reactive ketones (excluding diaryl/α,β-unsaturated/α-hetero) is 1. The first kappa shape index (κ1) is 20.0. The second-order valence-electron chi connectivity index (χ2n) is 7.25. The summed E-state index contributed by atoms with van der Waals surface area (Å²) in [7, 11) is -4.03. The summed E-state index contributed by atoms with van der Waals surface area (Å²) in [5.41, 5.74) is 2.33. The number of ketones is 1. The Balaban J connectivity index is 1.90. The summed E-state index contributed by atoms with van der Waals surface area (Å²) in [6.07, 6.45) is 1.59. The molecule has 1 aliphatic heterocycles. The Morgan fingerprint density at radius 3 is 2.27 bits per heavy atom. The second kappa shape index (κ2) is 7.54. The molecule has 152 valence electrons. The van der Waals surface area contributed by atoms with Gasteiger partial charge in [0.15, 0.2) is 5.78 Å². The van der Waals surface area contributed by atoms with Gasteiger partial charge in [-0.1, -0.05) is 42.0 Å². The van der Waals surface area contributed by atoms with E-state index < -0.39 is 33.6 Å². The van der Waals surface area contributed by atoms with Crippen molar-refractivity contribution in [3.63, 3.8) is 0 Å². The number of aryl methyl sites for hydroxylation is 1. The van der Waals surface area contributed by atoms with Crippen molar-refractivity contribution in [2.24, 2.45) is 0 Å². The van der Waals surface area contributed by atoms with Crippen molar-refractivity contribution in [3.05, 3.63) is 108 Å². The van der Waals surface area contributed by atoms with Gasteiger partial charge in [-0.15, -0.1) is 6.58 Å². The molecule has 2 atom stereocenters. The number of nitrogens with zero attached hydrogens (tertiary/aromatic N) is 1. The maximum absolute atomic E-state index is 13.6. The van der Waals surface area contributed by atoms with E-state index in [-0.39, 0.29) is 10.5 Å². The van der Waals surface area contributed by atoms with E-state index in [1.54, 1.807) is 42.5 Å². The van der Waals surface area contributed by atoms with Gasteiger partial charge in [-0.05, 0) is 55.0 Å². The monoisotopic (exact) mass is 421 g/mol. The Morgan fingerprint density at radius 1 is 1.00 bits per heavy atom. The molecule has 0 aliphatic carbocycles. The molecule has 0 unspecified atom stereocenters. The van der Waals surface area contributed by atoms with Crippen LogP contribution in [0.15, 0.2) is 90.3 Å². The lowest BCUT2D eigenvalue weighted by molar-refractivity contribution is 0.0960. The van der Waals surface area contributed by atoms with Crippen LogP contribution in [0.3, 0.4) is 0 Å². The lowest BCUT2D eigenvalue weighted by Crippen LogP contribution is -2.44. The summed E-state index contributed by atoms with van der Waals surface area (Å²) in [6, 6.07) is 17.6. The van der Waals surface area contributed by atoms with E-state index in [0.717, 1.165) is 5.56 Å². The molecular formula is C24H20FNO3S. The zero-order chi connectivity index (χ0) is 21.5. The maximum Gasteiger partial charge on any atom is 0.265 e. The van der Waals surface area contributed by atoms with Gasteiger partial charge in [-0.25, -0.2) is 12.8 Å². The Labute approximate surface area is 175 Å². The first-order chi connectivity index (χ1) is 14.3. The van der Waals surface area contributed by atoms with Crippen LogP contribution in [-0.2, 0) is 10.0 Å². The third-order valence-corrected chi connectivity index (χ3v) is 7.16. The quantitative estimate of drug-likeness (QED) is 0.437. The molecule has 3 aromatic rings. The summed E-state index contributed by atoms with van der Waals surface area (Å²) in [4.78, 5) is 13.6. The van der Waals surface area contributed by atoms with Crippen LogP contribution in [0.25, 0.3) is 0 Å². The number of carbonyl (C=O) groups excluding carboxylic acids is 1. The summed E-state index contributed by atoms with van der Waals surface area (Å²) >= 11 is 0. The van der Waals surface area contributed by atoms with Crippen LogP contribution in [0.1, 0.15) is 27.4 Å². The number of anilines is 1. The topological polar surface area (TPSA) is 54.5 Å². The molecule has 0 radical (unpaired) electrons. The van der Waals surface area contributed by atoms with E-state index in [0.29, 0.717) is 11.3 Å². The second-order valence-corrected chi connectivity index (χ2v) is 9.07. The summed E-state index contributed by atoms with van der Waals surface area (Å²) in [5.74, 6) is -1.41. The average Bonchev–Trinajstić information content (AvgIpc) is 3.09. The van der Waals surface area contributed by atoms with Crippen LogP contribution < -0.4 is 4.31 Å². The molecule has 1 heterocycles. The minimum atomic E-state index is -4.03. The highest BCUT2D eigenvalue weighted by atomic mass is 32.2. The van der Waals surface area contributed by atoms with Gasteiger partial charge in [0.2, 0.25) is 0 Å². The number of hydrogen-bond acceptors (Lipinski definition) is 3. The van der Waals surface area contributed by atoms with Crippen molar-refractivity contribution in [1.29, 1.82) is 0 Å². The molecule has 0 bridgehead atoms. The molecule has 1 aliphatic rings. The van der Waals surface area contributed by atoms with Crippen LogP contribution in [0.4, 0.5) is 10.1 Å². The lowest BCUT2D eigenvalue weighted by atomic mass is 9.90. The lowest BCUT2D eigenvalue weighted by Gasteiger charge is -2.28. The van der Waals surface area contributed by atoms with E-state index in [1.165, 1.54) is 40.7 Å². The van der Waals surface area contributed by atoms with Crippen molar-refractivity contribution >= 4 is 21.5 Å². The van der Waals surface area contributed by atoms with Gasteiger partial charge in [-0.2, -0.15) is 0 Å². The zero-order valence-corrected chi connectivity index (χ0v) is 17.1. The average molecular weight is 421 g/mol. The summed E-state index contributed by atoms with van der Waals surface area (Å²) < 4.78 is 41.9. The van der Waals surface area contributed by atoms with Gasteiger partial charge >= 0.3 is 0 Å². The molecule has 4 rings (SSSR count). The fourth-order valence-electron chi connectivity index (χ4n) is 3.85. The van der Waals surface area contributed by atoms with Crippen molar-refractivity contribution in [2.45, 2.75) is 23.8 Å². The Morgan fingerprint density at radius 2 is 1.63 bits per heavy atom. The third kappa shape index (κ3) is 3.23. The Kier molecular flexibility index (Phi) is 5.03.